The SMILES string of the molecule is O=C(O)Nc1ncc(NC(=O)C(=O)N(Cc2ccc(C(F)(F)F)cn2)C2CCc3ccccc32)cc1C1CC1. The Morgan fingerprint density at radius 2 is 1.74 bits per heavy atom. The Kier molecular flexibility index (Phi) is 6.94. The number of halogens is 3. The summed E-state index contributed by atoms with van der Waals surface area (Å²) in [6, 6.07) is 10.7. The predicted octanol–water partition coefficient (Wildman–Crippen LogP) is 5.12. The van der Waals surface area contributed by atoms with Crippen LogP contribution in [0.1, 0.15) is 59.2 Å². The summed E-state index contributed by atoms with van der Waals surface area (Å²) in [6.07, 6.45) is -0.924. The first-order chi connectivity index (χ1) is 18.6. The minimum absolute atomic E-state index is 0.101. The van der Waals surface area contributed by atoms with Gasteiger partial charge in [-0.2, -0.15) is 13.2 Å². The number of aryl methyl sites for hydroxylation is 1. The fraction of sp³-hybridized carbons (Fsp3) is 0.296. The van der Waals surface area contributed by atoms with Crippen LogP contribution in [0.25, 0.3) is 0 Å². The van der Waals surface area contributed by atoms with E-state index >= 15 is 0 Å². The third-order valence-corrected chi connectivity index (χ3v) is 6.83. The molecule has 2 heterocycles. The van der Waals surface area contributed by atoms with Crippen LogP contribution in [0, 0.1) is 0 Å². The molecule has 1 saturated carbocycles. The number of alkyl halides is 3. The zero-order valence-electron chi connectivity index (χ0n) is 20.5. The van der Waals surface area contributed by atoms with E-state index < -0.39 is 35.7 Å². The van der Waals surface area contributed by atoms with E-state index in [1.807, 2.05) is 24.3 Å². The van der Waals surface area contributed by atoms with Gasteiger partial charge in [-0.25, -0.2) is 9.78 Å². The number of carbonyl (C=O) groups is 3. The fourth-order valence-electron chi connectivity index (χ4n) is 4.82. The van der Waals surface area contributed by atoms with Crippen molar-refractivity contribution in [1.29, 1.82) is 0 Å². The monoisotopic (exact) mass is 539 g/mol. The van der Waals surface area contributed by atoms with Crippen molar-refractivity contribution >= 4 is 29.4 Å². The Hall–Kier alpha value is -4.48. The summed E-state index contributed by atoms with van der Waals surface area (Å²) in [7, 11) is 0. The highest BCUT2D eigenvalue weighted by atomic mass is 19.4. The topological polar surface area (TPSA) is 125 Å². The minimum Gasteiger partial charge on any atom is -0.465 e. The molecule has 3 N–H and O–H groups in total. The zero-order valence-corrected chi connectivity index (χ0v) is 20.5. The molecule has 3 aromatic rings. The highest BCUT2D eigenvalue weighted by Crippen LogP contribution is 2.43. The summed E-state index contributed by atoms with van der Waals surface area (Å²) in [4.78, 5) is 47.1. The largest absolute Gasteiger partial charge is 0.465 e. The Balaban J connectivity index is 1.40. The third kappa shape index (κ3) is 5.84. The highest BCUT2D eigenvalue weighted by molar-refractivity contribution is 6.39. The molecule has 3 amide bonds. The van der Waals surface area contributed by atoms with E-state index in [4.69, 9.17) is 5.11 Å². The molecular formula is C27H24F3N5O4. The van der Waals surface area contributed by atoms with Gasteiger partial charge in [0.15, 0.2) is 0 Å². The molecule has 0 radical (unpaired) electrons. The third-order valence-electron chi connectivity index (χ3n) is 6.83. The number of carbonyl (C=O) groups excluding carboxylic acids is 2. The first-order valence-electron chi connectivity index (χ1n) is 12.3. The first kappa shape index (κ1) is 26.1. The standard InChI is InChI=1S/C27H24F3N5O4/c28-27(29,30)17-8-9-18(31-12-17)14-35(22-10-7-15-3-1-2-4-20(15)22)25(37)24(36)33-19-11-21(16-5-6-16)23(32-13-19)34-26(38)39/h1-4,8-9,11-13,16,22H,5-7,10,14H2,(H,32,34)(H,33,36)(H,38,39). The van der Waals surface area contributed by atoms with E-state index in [0.717, 1.165) is 30.0 Å². The molecule has 1 unspecified atom stereocenters. The minimum atomic E-state index is -4.55. The molecule has 9 nitrogen and oxygen atoms in total. The van der Waals surface area contributed by atoms with Crippen LogP contribution in [-0.4, -0.2) is 37.9 Å². The molecule has 0 aliphatic heterocycles. The van der Waals surface area contributed by atoms with E-state index in [0.29, 0.717) is 24.6 Å². The van der Waals surface area contributed by atoms with Crippen LogP contribution < -0.4 is 10.6 Å². The molecule has 0 saturated heterocycles. The lowest BCUT2D eigenvalue weighted by molar-refractivity contribution is -0.145. The predicted molar refractivity (Wildman–Crippen MR) is 134 cm³/mol. The number of nitrogens with one attached hydrogen (secondary N) is 2. The molecule has 0 spiro atoms. The summed E-state index contributed by atoms with van der Waals surface area (Å²) < 4.78 is 39.0. The average molecular weight is 540 g/mol. The molecule has 1 fully saturated rings. The number of hydrogen-bond acceptors (Lipinski definition) is 5. The lowest BCUT2D eigenvalue weighted by Gasteiger charge is -2.29. The van der Waals surface area contributed by atoms with Crippen LogP contribution in [0.3, 0.4) is 0 Å². The van der Waals surface area contributed by atoms with Gasteiger partial charge in [0.25, 0.3) is 0 Å². The number of benzene rings is 1. The molecule has 2 aliphatic rings. The summed E-state index contributed by atoms with van der Waals surface area (Å²) in [5.74, 6) is -1.55. The van der Waals surface area contributed by atoms with E-state index in [1.54, 1.807) is 6.07 Å². The van der Waals surface area contributed by atoms with Gasteiger partial charge in [-0.3, -0.25) is 19.9 Å². The number of carboxylic acid groups (broad SMARTS) is 1. The number of anilines is 2. The second kappa shape index (κ2) is 10.4. The maximum atomic E-state index is 13.5. The lowest BCUT2D eigenvalue weighted by Crippen LogP contribution is -2.41. The van der Waals surface area contributed by atoms with Crippen molar-refractivity contribution in [2.45, 2.75) is 50.4 Å². The van der Waals surface area contributed by atoms with Crippen LogP contribution in [0.2, 0.25) is 0 Å². The molecule has 202 valence electrons. The maximum absolute atomic E-state index is 13.5. The number of amides is 3. The number of rotatable bonds is 6. The quantitative estimate of drug-likeness (QED) is 0.374. The number of hydrogen-bond donors (Lipinski definition) is 3. The van der Waals surface area contributed by atoms with Crippen LogP contribution in [0.5, 0.6) is 0 Å². The summed E-state index contributed by atoms with van der Waals surface area (Å²) in [6.45, 7) is -0.170. The molecule has 0 bridgehead atoms. The molecule has 2 aliphatic carbocycles. The summed E-state index contributed by atoms with van der Waals surface area (Å²) in [5.41, 5.74) is 2.04. The van der Waals surface area contributed by atoms with Gasteiger partial charge in [0, 0.05) is 11.8 Å². The molecule has 1 atom stereocenters. The van der Waals surface area contributed by atoms with Gasteiger partial charge < -0.3 is 15.3 Å². The number of nitrogens with zero attached hydrogens (tertiary/aromatic N) is 3. The smallest absolute Gasteiger partial charge is 0.417 e. The van der Waals surface area contributed by atoms with Crippen LogP contribution in [-0.2, 0) is 28.7 Å². The zero-order chi connectivity index (χ0) is 27.7. The molecule has 12 heteroatoms. The Morgan fingerprint density at radius 3 is 2.41 bits per heavy atom. The average Bonchev–Trinajstić information content (AvgIpc) is 3.66. The van der Waals surface area contributed by atoms with Crippen molar-refractivity contribution in [2.75, 3.05) is 10.6 Å². The van der Waals surface area contributed by atoms with Crippen molar-refractivity contribution < 1.29 is 32.7 Å². The normalized spacial score (nSPS) is 16.3. The van der Waals surface area contributed by atoms with Gasteiger partial charge in [0.2, 0.25) is 0 Å². The molecule has 39 heavy (non-hydrogen) atoms. The van der Waals surface area contributed by atoms with E-state index in [-0.39, 0.29) is 29.7 Å². The fourth-order valence-corrected chi connectivity index (χ4v) is 4.82. The van der Waals surface area contributed by atoms with Crippen LogP contribution in [0.15, 0.2) is 54.9 Å². The second-order valence-electron chi connectivity index (χ2n) is 9.54. The van der Waals surface area contributed by atoms with Crippen molar-refractivity contribution in [3.63, 3.8) is 0 Å². The summed E-state index contributed by atoms with van der Waals surface area (Å²) >= 11 is 0. The van der Waals surface area contributed by atoms with Crippen LogP contribution in [0.4, 0.5) is 29.5 Å². The molecule has 1 aromatic carbocycles. The highest BCUT2D eigenvalue weighted by Gasteiger charge is 2.35. The summed E-state index contributed by atoms with van der Waals surface area (Å²) in [5, 5.41) is 13.9. The van der Waals surface area contributed by atoms with Gasteiger partial charge in [-0.1, -0.05) is 24.3 Å². The van der Waals surface area contributed by atoms with E-state index in [1.165, 1.54) is 17.2 Å². The van der Waals surface area contributed by atoms with Crippen molar-refractivity contribution in [3.05, 3.63) is 82.8 Å². The van der Waals surface area contributed by atoms with E-state index in [2.05, 4.69) is 20.6 Å². The Bertz CT molecular complexity index is 1420. The lowest BCUT2D eigenvalue weighted by atomic mass is 10.1. The van der Waals surface area contributed by atoms with Gasteiger partial charge in [-0.05, 0) is 60.9 Å². The first-order valence-corrected chi connectivity index (χ1v) is 12.3. The Labute approximate surface area is 221 Å². The van der Waals surface area contributed by atoms with Gasteiger partial charge in [0.1, 0.15) is 5.82 Å². The van der Waals surface area contributed by atoms with Gasteiger partial charge in [0.05, 0.1) is 35.7 Å². The molecule has 2 aromatic heterocycles. The van der Waals surface area contributed by atoms with E-state index in [9.17, 15) is 27.6 Å². The number of fused-ring (bicyclic) bond motifs is 1. The Morgan fingerprint density at radius 1 is 0.974 bits per heavy atom. The van der Waals surface area contributed by atoms with Crippen LogP contribution >= 0.6 is 0 Å². The van der Waals surface area contributed by atoms with Crippen molar-refractivity contribution in [3.8, 4) is 0 Å². The second-order valence-corrected chi connectivity index (χ2v) is 9.54. The van der Waals surface area contributed by atoms with Crippen molar-refractivity contribution in [1.82, 2.24) is 14.9 Å². The maximum Gasteiger partial charge on any atom is 0.417 e. The molecule has 5 rings (SSSR count). The van der Waals surface area contributed by atoms with Gasteiger partial charge in [-0.15, -0.1) is 0 Å². The number of pyridine rings is 2. The van der Waals surface area contributed by atoms with Crippen molar-refractivity contribution in [2.24, 2.45) is 0 Å². The molecular weight excluding hydrogens is 515 g/mol. The number of aromatic nitrogens is 2. The van der Waals surface area contributed by atoms with Gasteiger partial charge >= 0.3 is 24.1 Å².